The number of benzene rings is 2. The smallest absolute Gasteiger partial charge is 0.277 e. The molecule has 0 saturated carbocycles. The van der Waals surface area contributed by atoms with E-state index in [1.165, 1.54) is 23.9 Å². The number of carbonyl (C=O) groups is 1. The van der Waals surface area contributed by atoms with Crippen molar-refractivity contribution in [2.24, 2.45) is 0 Å². The number of aromatic nitrogens is 2. The summed E-state index contributed by atoms with van der Waals surface area (Å²) in [5.74, 6) is 0.724. The average molecular weight is 443 g/mol. The SMILES string of the molecule is O=C(CSc1nnc(C[C@H](c2ccc(F)cc2)c2ccco2)o1)c1ccc(Cl)cc1. The monoisotopic (exact) mass is 442 g/mol. The Morgan fingerprint density at radius 1 is 1.07 bits per heavy atom. The molecule has 8 heteroatoms. The Morgan fingerprint density at radius 3 is 2.53 bits per heavy atom. The highest BCUT2D eigenvalue weighted by Gasteiger charge is 2.21. The second-order valence-corrected chi connectivity index (χ2v) is 7.87. The van der Waals surface area contributed by atoms with Gasteiger partial charge in [-0.05, 0) is 54.1 Å². The van der Waals surface area contributed by atoms with E-state index in [0.717, 1.165) is 5.56 Å². The lowest BCUT2D eigenvalue weighted by molar-refractivity contribution is 0.102. The summed E-state index contributed by atoms with van der Waals surface area (Å²) in [6.45, 7) is 0. The van der Waals surface area contributed by atoms with Crippen molar-refractivity contribution in [3.63, 3.8) is 0 Å². The first-order chi connectivity index (χ1) is 14.6. The summed E-state index contributed by atoms with van der Waals surface area (Å²) in [4.78, 5) is 12.3. The maximum absolute atomic E-state index is 13.3. The number of hydrogen-bond donors (Lipinski definition) is 0. The highest BCUT2D eigenvalue weighted by atomic mass is 35.5. The van der Waals surface area contributed by atoms with Crippen molar-refractivity contribution >= 4 is 29.1 Å². The molecule has 0 unspecified atom stereocenters. The quantitative estimate of drug-likeness (QED) is 0.253. The Bertz CT molecular complexity index is 1110. The number of rotatable bonds is 8. The van der Waals surface area contributed by atoms with Gasteiger partial charge < -0.3 is 8.83 Å². The predicted molar refractivity (Wildman–Crippen MR) is 111 cm³/mol. The fourth-order valence-corrected chi connectivity index (χ4v) is 3.77. The molecule has 2 aromatic carbocycles. The van der Waals surface area contributed by atoms with E-state index in [0.29, 0.717) is 33.9 Å². The molecule has 0 aliphatic carbocycles. The Balaban J connectivity index is 1.43. The van der Waals surface area contributed by atoms with Crippen LogP contribution in [0.4, 0.5) is 4.39 Å². The van der Waals surface area contributed by atoms with Crippen molar-refractivity contribution in [3.8, 4) is 0 Å². The molecular weight excluding hydrogens is 427 g/mol. The maximum atomic E-state index is 13.3. The average Bonchev–Trinajstić information content (AvgIpc) is 3.44. The first-order valence-corrected chi connectivity index (χ1v) is 10.5. The van der Waals surface area contributed by atoms with Crippen molar-refractivity contribution in [2.45, 2.75) is 17.6 Å². The summed E-state index contributed by atoms with van der Waals surface area (Å²) in [7, 11) is 0. The Kier molecular flexibility index (Phi) is 6.30. The molecule has 0 radical (unpaired) electrons. The molecule has 2 aromatic heterocycles. The van der Waals surface area contributed by atoms with Crippen LogP contribution in [0.5, 0.6) is 0 Å². The standard InChI is InChI=1S/C22H16ClFN2O3S/c23-16-7-3-15(4-8-16)19(27)13-30-22-26-25-21(29-22)12-18(20-2-1-11-28-20)14-5-9-17(24)10-6-14/h1-11,18H,12-13H2/t18-/m1/s1. The van der Waals surface area contributed by atoms with Gasteiger partial charge in [0.2, 0.25) is 5.89 Å². The van der Waals surface area contributed by atoms with Gasteiger partial charge in [-0.15, -0.1) is 10.2 Å². The zero-order chi connectivity index (χ0) is 20.9. The van der Waals surface area contributed by atoms with Gasteiger partial charge in [0, 0.05) is 17.0 Å². The molecule has 0 aliphatic heterocycles. The lowest BCUT2D eigenvalue weighted by Crippen LogP contribution is -2.04. The normalized spacial score (nSPS) is 12.1. The molecule has 1 atom stereocenters. The molecule has 2 heterocycles. The van der Waals surface area contributed by atoms with E-state index in [4.69, 9.17) is 20.4 Å². The van der Waals surface area contributed by atoms with Gasteiger partial charge >= 0.3 is 0 Å². The highest BCUT2D eigenvalue weighted by Crippen LogP contribution is 2.30. The van der Waals surface area contributed by atoms with E-state index in [1.807, 2.05) is 6.07 Å². The minimum absolute atomic E-state index is 0.0591. The third kappa shape index (κ3) is 4.98. The molecule has 4 rings (SSSR count). The summed E-state index contributed by atoms with van der Waals surface area (Å²) < 4.78 is 24.6. The maximum Gasteiger partial charge on any atom is 0.277 e. The van der Waals surface area contributed by atoms with Crippen molar-refractivity contribution < 1.29 is 18.0 Å². The van der Waals surface area contributed by atoms with Crippen molar-refractivity contribution in [3.05, 3.63) is 101 Å². The first-order valence-electron chi connectivity index (χ1n) is 9.11. The van der Waals surface area contributed by atoms with Crippen LogP contribution in [0, 0.1) is 5.82 Å². The van der Waals surface area contributed by atoms with Crippen LogP contribution in [0.25, 0.3) is 0 Å². The van der Waals surface area contributed by atoms with E-state index in [1.54, 1.807) is 48.7 Å². The van der Waals surface area contributed by atoms with Gasteiger partial charge in [0.05, 0.1) is 17.9 Å². The minimum Gasteiger partial charge on any atom is -0.469 e. The fourth-order valence-electron chi connectivity index (χ4n) is 2.97. The molecule has 0 N–H and O–H groups in total. The number of ketones is 1. The van der Waals surface area contributed by atoms with Gasteiger partial charge in [0.15, 0.2) is 5.78 Å². The van der Waals surface area contributed by atoms with Crippen LogP contribution in [-0.4, -0.2) is 21.7 Å². The number of furan rings is 1. The molecular formula is C22H16ClFN2O3S. The minimum atomic E-state index is -0.307. The van der Waals surface area contributed by atoms with Crippen molar-refractivity contribution in [2.75, 3.05) is 5.75 Å². The molecule has 152 valence electrons. The van der Waals surface area contributed by atoms with Crippen LogP contribution in [-0.2, 0) is 6.42 Å². The van der Waals surface area contributed by atoms with Gasteiger partial charge in [0.1, 0.15) is 11.6 Å². The van der Waals surface area contributed by atoms with Crippen LogP contribution in [0.3, 0.4) is 0 Å². The molecule has 0 spiro atoms. The van der Waals surface area contributed by atoms with E-state index >= 15 is 0 Å². The molecule has 0 bridgehead atoms. The van der Waals surface area contributed by atoms with Gasteiger partial charge in [-0.25, -0.2) is 4.39 Å². The summed E-state index contributed by atoms with van der Waals surface area (Å²) >= 11 is 7.02. The number of halogens is 2. The Morgan fingerprint density at radius 2 is 1.83 bits per heavy atom. The van der Waals surface area contributed by atoms with E-state index in [9.17, 15) is 9.18 Å². The van der Waals surface area contributed by atoms with Crippen LogP contribution >= 0.6 is 23.4 Å². The lowest BCUT2D eigenvalue weighted by atomic mass is 9.93. The molecule has 30 heavy (non-hydrogen) atoms. The summed E-state index contributed by atoms with van der Waals surface area (Å²) in [6, 6.07) is 16.6. The third-order valence-corrected chi connectivity index (χ3v) is 5.55. The Hall–Kier alpha value is -2.90. The molecule has 0 amide bonds. The lowest BCUT2D eigenvalue weighted by Gasteiger charge is -2.13. The number of nitrogens with zero attached hydrogens (tertiary/aromatic N) is 2. The van der Waals surface area contributed by atoms with Gasteiger partial charge in [-0.3, -0.25) is 4.79 Å². The van der Waals surface area contributed by atoms with Crippen LogP contribution in [0.2, 0.25) is 5.02 Å². The van der Waals surface area contributed by atoms with Gasteiger partial charge in [-0.2, -0.15) is 0 Å². The summed E-state index contributed by atoms with van der Waals surface area (Å²) in [6.07, 6.45) is 1.97. The zero-order valence-electron chi connectivity index (χ0n) is 15.6. The Labute approximate surface area is 181 Å². The third-order valence-electron chi connectivity index (χ3n) is 4.48. The van der Waals surface area contributed by atoms with Crippen LogP contribution in [0.1, 0.15) is 33.5 Å². The second-order valence-electron chi connectivity index (χ2n) is 6.50. The number of thioether (sulfide) groups is 1. The van der Waals surface area contributed by atoms with E-state index in [2.05, 4.69) is 10.2 Å². The molecule has 0 fully saturated rings. The summed E-state index contributed by atoms with van der Waals surface area (Å²) in [5, 5.41) is 9.00. The topological polar surface area (TPSA) is 69.1 Å². The van der Waals surface area contributed by atoms with E-state index < -0.39 is 0 Å². The zero-order valence-corrected chi connectivity index (χ0v) is 17.2. The number of hydrogen-bond acceptors (Lipinski definition) is 6. The van der Waals surface area contributed by atoms with Crippen molar-refractivity contribution in [1.82, 2.24) is 10.2 Å². The van der Waals surface area contributed by atoms with E-state index in [-0.39, 0.29) is 23.3 Å². The molecule has 5 nitrogen and oxygen atoms in total. The molecule has 4 aromatic rings. The molecule has 0 aliphatic rings. The van der Waals surface area contributed by atoms with Crippen molar-refractivity contribution in [1.29, 1.82) is 0 Å². The predicted octanol–water partition coefficient (Wildman–Crippen LogP) is 5.80. The van der Waals surface area contributed by atoms with Crippen LogP contribution in [0.15, 0.2) is 81.0 Å². The largest absolute Gasteiger partial charge is 0.469 e. The highest BCUT2D eigenvalue weighted by molar-refractivity contribution is 7.99. The van der Waals surface area contributed by atoms with Gasteiger partial charge in [0.25, 0.3) is 5.22 Å². The van der Waals surface area contributed by atoms with Gasteiger partial charge in [-0.1, -0.05) is 35.5 Å². The summed E-state index contributed by atoms with van der Waals surface area (Å²) in [5.41, 5.74) is 1.44. The van der Waals surface area contributed by atoms with Crippen LogP contribution < -0.4 is 0 Å². The fraction of sp³-hybridized carbons (Fsp3) is 0.136. The first kappa shape index (κ1) is 20.4. The molecule has 0 saturated heterocycles. The number of Topliss-reactive ketones (excluding diaryl/α,β-unsaturated/α-hetero) is 1. The number of carbonyl (C=O) groups excluding carboxylic acids is 1. The second kappa shape index (κ2) is 9.28.